The van der Waals surface area contributed by atoms with Crippen LogP contribution >= 0.6 is 22.7 Å². The van der Waals surface area contributed by atoms with Crippen LogP contribution in [0.5, 0.6) is 0 Å². The Morgan fingerprint density at radius 1 is 1.41 bits per heavy atom. The van der Waals surface area contributed by atoms with Crippen LogP contribution in [0.2, 0.25) is 0 Å². The highest BCUT2D eigenvalue weighted by Crippen LogP contribution is 2.28. The van der Waals surface area contributed by atoms with Crippen LogP contribution in [0.3, 0.4) is 0 Å². The molecule has 0 saturated carbocycles. The third kappa shape index (κ3) is 3.57. The van der Waals surface area contributed by atoms with E-state index in [2.05, 4.69) is 15.4 Å². The monoisotopic (exact) mass is 399 g/mol. The molecule has 3 heterocycles. The number of amides is 1. The van der Waals surface area contributed by atoms with Gasteiger partial charge in [-0.05, 0) is 35.6 Å². The van der Waals surface area contributed by atoms with Crippen molar-refractivity contribution in [1.82, 2.24) is 14.8 Å². The Kier molecular flexibility index (Phi) is 4.42. The Hall–Kier alpha value is -3.11. The highest BCUT2D eigenvalue weighted by molar-refractivity contribution is 7.22. The van der Waals surface area contributed by atoms with Gasteiger partial charge in [-0.1, -0.05) is 23.5 Å². The minimum atomic E-state index is -0.490. The van der Waals surface area contributed by atoms with Crippen molar-refractivity contribution >= 4 is 49.6 Å². The largest absolute Gasteiger partial charge is 0.307 e. The Morgan fingerprint density at radius 2 is 2.26 bits per heavy atom. The van der Waals surface area contributed by atoms with Crippen molar-refractivity contribution in [2.45, 2.75) is 13.5 Å². The van der Waals surface area contributed by atoms with Gasteiger partial charge in [0.15, 0.2) is 5.13 Å². The van der Waals surface area contributed by atoms with Gasteiger partial charge in [0, 0.05) is 0 Å². The second kappa shape index (κ2) is 6.89. The number of fused-ring (bicyclic) bond motifs is 1. The van der Waals surface area contributed by atoms with Crippen LogP contribution in [0.4, 0.5) is 10.8 Å². The first-order valence-corrected chi connectivity index (χ1v) is 9.61. The molecule has 1 aromatic carbocycles. The van der Waals surface area contributed by atoms with Crippen LogP contribution in [0.1, 0.15) is 20.8 Å². The summed E-state index contributed by atoms with van der Waals surface area (Å²) in [7, 11) is 0. The van der Waals surface area contributed by atoms with Gasteiger partial charge in [0.05, 0.1) is 26.6 Å². The molecular formula is C17H13N5O3S2. The molecular weight excluding hydrogens is 386 g/mol. The number of aryl methyl sites for hydroxylation is 1. The fourth-order valence-corrected chi connectivity index (χ4v) is 4.33. The molecule has 8 nitrogen and oxygen atoms in total. The molecule has 0 aliphatic rings. The predicted octanol–water partition coefficient (Wildman–Crippen LogP) is 4.07. The molecule has 0 bridgehead atoms. The number of rotatable bonds is 5. The Bertz CT molecular complexity index is 1160. The molecule has 0 unspecified atom stereocenters. The summed E-state index contributed by atoms with van der Waals surface area (Å²) in [6, 6.07) is 7.68. The van der Waals surface area contributed by atoms with Gasteiger partial charge in [-0.15, -0.1) is 11.3 Å². The summed E-state index contributed by atoms with van der Waals surface area (Å²) in [4.78, 5) is 27.7. The van der Waals surface area contributed by atoms with Crippen molar-refractivity contribution in [1.29, 1.82) is 0 Å². The standard InChI is InChI=1S/C17H13N5O3S2/c1-10-3-2-4-13-15(10)19-17(27-13)20-16(23)14-5-11(9-26-14)7-21-8-12(6-18-21)22(24)25/h2-6,8-9H,7H2,1H3,(H,19,20,23). The molecule has 0 fully saturated rings. The van der Waals surface area contributed by atoms with Crippen molar-refractivity contribution in [3.05, 3.63) is 68.2 Å². The fraction of sp³-hybridized carbons (Fsp3) is 0.118. The van der Waals surface area contributed by atoms with E-state index in [9.17, 15) is 14.9 Å². The van der Waals surface area contributed by atoms with Crippen molar-refractivity contribution < 1.29 is 9.72 Å². The van der Waals surface area contributed by atoms with E-state index >= 15 is 0 Å². The maximum atomic E-state index is 12.5. The lowest BCUT2D eigenvalue weighted by atomic mass is 10.2. The number of thiophene rings is 1. The molecule has 27 heavy (non-hydrogen) atoms. The van der Waals surface area contributed by atoms with E-state index in [1.54, 1.807) is 6.07 Å². The summed E-state index contributed by atoms with van der Waals surface area (Å²) in [6.45, 7) is 2.34. The van der Waals surface area contributed by atoms with Gasteiger partial charge < -0.3 is 0 Å². The minimum absolute atomic E-state index is 0.0608. The maximum Gasteiger partial charge on any atom is 0.307 e. The maximum absolute atomic E-state index is 12.5. The first kappa shape index (κ1) is 17.3. The van der Waals surface area contributed by atoms with Crippen LogP contribution in [0.25, 0.3) is 10.2 Å². The molecule has 0 radical (unpaired) electrons. The minimum Gasteiger partial charge on any atom is -0.297 e. The number of thiazole rings is 1. The van der Waals surface area contributed by atoms with Crippen LogP contribution in [0.15, 0.2) is 42.0 Å². The smallest absolute Gasteiger partial charge is 0.297 e. The van der Waals surface area contributed by atoms with E-state index in [0.29, 0.717) is 16.6 Å². The summed E-state index contributed by atoms with van der Waals surface area (Å²) in [6.07, 6.45) is 2.57. The lowest BCUT2D eigenvalue weighted by Crippen LogP contribution is -2.09. The number of benzene rings is 1. The van der Waals surface area contributed by atoms with Gasteiger partial charge in [-0.3, -0.25) is 24.9 Å². The SMILES string of the molecule is Cc1cccc2sc(NC(=O)c3cc(Cn4cc([N+](=O)[O-])cn4)cs3)nc12. The normalized spacial score (nSPS) is 11.0. The second-order valence-electron chi connectivity index (χ2n) is 5.87. The van der Waals surface area contributed by atoms with Gasteiger partial charge in [0.1, 0.15) is 12.4 Å². The quantitative estimate of drug-likeness (QED) is 0.402. The third-order valence-corrected chi connectivity index (χ3v) is 5.81. The molecule has 4 rings (SSSR count). The van der Waals surface area contributed by atoms with E-state index in [1.165, 1.54) is 39.7 Å². The summed E-state index contributed by atoms with van der Waals surface area (Å²) in [5.74, 6) is -0.227. The molecule has 1 amide bonds. The number of nitro groups is 1. The van der Waals surface area contributed by atoms with Crippen LogP contribution in [-0.4, -0.2) is 25.6 Å². The van der Waals surface area contributed by atoms with Gasteiger partial charge in [0.25, 0.3) is 5.91 Å². The average Bonchev–Trinajstić information content (AvgIpc) is 3.35. The highest BCUT2D eigenvalue weighted by atomic mass is 32.1. The average molecular weight is 399 g/mol. The molecule has 0 spiro atoms. The van der Waals surface area contributed by atoms with Crippen molar-refractivity contribution in [2.75, 3.05) is 5.32 Å². The highest BCUT2D eigenvalue weighted by Gasteiger charge is 2.14. The molecule has 0 aliphatic heterocycles. The van der Waals surface area contributed by atoms with E-state index in [4.69, 9.17) is 0 Å². The molecule has 1 N–H and O–H groups in total. The van der Waals surface area contributed by atoms with Crippen LogP contribution in [0, 0.1) is 17.0 Å². The fourth-order valence-electron chi connectivity index (χ4n) is 2.60. The lowest BCUT2D eigenvalue weighted by molar-refractivity contribution is -0.385. The Labute approximate surface area is 161 Å². The van der Waals surface area contributed by atoms with Gasteiger partial charge in [-0.25, -0.2) is 4.98 Å². The Morgan fingerprint density at radius 3 is 3.00 bits per heavy atom. The summed E-state index contributed by atoms with van der Waals surface area (Å²) in [5, 5.41) is 19.9. The van der Waals surface area contributed by atoms with Gasteiger partial charge in [0.2, 0.25) is 0 Å². The zero-order valence-electron chi connectivity index (χ0n) is 14.1. The van der Waals surface area contributed by atoms with Crippen LogP contribution < -0.4 is 5.32 Å². The Balaban J connectivity index is 1.47. The number of para-hydroxylation sites is 1. The van der Waals surface area contributed by atoms with E-state index in [-0.39, 0.29) is 11.6 Å². The molecule has 3 aromatic heterocycles. The van der Waals surface area contributed by atoms with E-state index in [1.807, 2.05) is 30.5 Å². The topological polar surface area (TPSA) is 103 Å². The lowest BCUT2D eigenvalue weighted by Gasteiger charge is -1.98. The molecule has 0 aliphatic carbocycles. The summed E-state index contributed by atoms with van der Waals surface area (Å²) >= 11 is 2.74. The first-order valence-electron chi connectivity index (χ1n) is 7.91. The van der Waals surface area contributed by atoms with Crippen molar-refractivity contribution in [3.8, 4) is 0 Å². The molecule has 0 atom stereocenters. The number of hydrogen-bond acceptors (Lipinski definition) is 7. The third-order valence-electron chi connectivity index (χ3n) is 3.89. The van der Waals surface area contributed by atoms with Gasteiger partial charge >= 0.3 is 5.69 Å². The predicted molar refractivity (Wildman–Crippen MR) is 105 cm³/mol. The number of anilines is 1. The summed E-state index contributed by atoms with van der Waals surface area (Å²) in [5.41, 5.74) is 2.75. The zero-order chi connectivity index (χ0) is 19.0. The van der Waals surface area contributed by atoms with Gasteiger partial charge in [-0.2, -0.15) is 5.10 Å². The van der Waals surface area contributed by atoms with Crippen molar-refractivity contribution in [3.63, 3.8) is 0 Å². The molecule has 0 saturated heterocycles. The summed E-state index contributed by atoms with van der Waals surface area (Å²) < 4.78 is 2.50. The molecule has 136 valence electrons. The number of hydrogen-bond donors (Lipinski definition) is 1. The number of aromatic nitrogens is 3. The number of carbonyl (C=O) groups is 1. The van der Waals surface area contributed by atoms with E-state index in [0.717, 1.165) is 21.3 Å². The van der Waals surface area contributed by atoms with E-state index < -0.39 is 4.92 Å². The number of carbonyl (C=O) groups excluding carboxylic acids is 1. The molecule has 10 heteroatoms. The molecule has 4 aromatic rings. The van der Waals surface area contributed by atoms with Crippen molar-refractivity contribution in [2.24, 2.45) is 0 Å². The first-order chi connectivity index (χ1) is 13.0. The zero-order valence-corrected chi connectivity index (χ0v) is 15.7. The van der Waals surface area contributed by atoms with Crippen LogP contribution in [-0.2, 0) is 6.54 Å². The number of nitrogens with one attached hydrogen (secondary N) is 1. The number of nitrogens with zero attached hydrogens (tertiary/aromatic N) is 4. The second-order valence-corrected chi connectivity index (χ2v) is 7.81.